The third-order valence-electron chi connectivity index (χ3n) is 4.30. The van der Waals surface area contributed by atoms with Gasteiger partial charge in [0.25, 0.3) is 0 Å². The highest BCUT2D eigenvalue weighted by molar-refractivity contribution is 5.77. The van der Waals surface area contributed by atoms with Gasteiger partial charge in [-0.3, -0.25) is 4.79 Å². The van der Waals surface area contributed by atoms with Crippen molar-refractivity contribution in [3.63, 3.8) is 0 Å². The van der Waals surface area contributed by atoms with Gasteiger partial charge in [0.2, 0.25) is 5.91 Å². The Morgan fingerprint density at radius 3 is 2.76 bits per heavy atom. The van der Waals surface area contributed by atoms with Gasteiger partial charge in [-0.15, -0.1) is 0 Å². The van der Waals surface area contributed by atoms with E-state index >= 15 is 0 Å². The highest BCUT2D eigenvalue weighted by Crippen LogP contribution is 2.33. The van der Waals surface area contributed by atoms with E-state index in [-0.39, 0.29) is 23.9 Å². The molecule has 1 amide bonds. The summed E-state index contributed by atoms with van der Waals surface area (Å²) in [6, 6.07) is 6.25. The molecule has 1 saturated heterocycles. The lowest BCUT2D eigenvalue weighted by Gasteiger charge is -2.33. The molecule has 4 nitrogen and oxygen atoms in total. The van der Waals surface area contributed by atoms with E-state index in [4.69, 9.17) is 10.5 Å². The van der Waals surface area contributed by atoms with Gasteiger partial charge in [0.05, 0.1) is 13.2 Å². The van der Waals surface area contributed by atoms with Gasteiger partial charge in [-0.05, 0) is 36.5 Å². The summed E-state index contributed by atoms with van der Waals surface area (Å²) < 4.78 is 18.7. The molecule has 1 heterocycles. The van der Waals surface area contributed by atoms with Gasteiger partial charge in [-0.1, -0.05) is 12.1 Å². The van der Waals surface area contributed by atoms with Gasteiger partial charge >= 0.3 is 0 Å². The van der Waals surface area contributed by atoms with E-state index in [2.05, 4.69) is 0 Å². The quantitative estimate of drug-likeness (QED) is 0.921. The minimum atomic E-state index is -0.266. The van der Waals surface area contributed by atoms with E-state index in [0.29, 0.717) is 32.0 Å². The van der Waals surface area contributed by atoms with Crippen LogP contribution in [-0.2, 0) is 9.53 Å². The summed E-state index contributed by atoms with van der Waals surface area (Å²) in [5.74, 6) is 0.366. The number of carbonyl (C=O) groups excluding carboxylic acids is 1. The molecular formula is C16H21FN2O2. The molecule has 2 N–H and O–H groups in total. The molecule has 2 aliphatic rings. The summed E-state index contributed by atoms with van der Waals surface area (Å²) in [4.78, 5) is 14.1. The molecule has 0 radical (unpaired) electrons. The highest BCUT2D eigenvalue weighted by atomic mass is 19.1. The standard InChI is InChI=1S/C16H21FN2O2/c17-13-5-3-12(4-6-13)15-10-19(7-8-21-15)16(20)9-14(18)11-1-2-11/h3-6,11,14-15H,1-2,7-10,18H2. The average Bonchev–Trinajstić information content (AvgIpc) is 3.33. The lowest BCUT2D eigenvalue weighted by molar-refractivity contribution is -0.139. The first-order chi connectivity index (χ1) is 10.1. The second-order valence-corrected chi connectivity index (χ2v) is 5.96. The number of nitrogens with zero attached hydrogens (tertiary/aromatic N) is 1. The van der Waals surface area contributed by atoms with Gasteiger partial charge in [0.15, 0.2) is 0 Å². The number of amides is 1. The Hall–Kier alpha value is -1.46. The molecule has 0 spiro atoms. The number of rotatable bonds is 4. The summed E-state index contributed by atoms with van der Waals surface area (Å²) in [5, 5.41) is 0. The molecule has 1 aromatic rings. The van der Waals surface area contributed by atoms with Crippen molar-refractivity contribution in [1.29, 1.82) is 0 Å². The average molecular weight is 292 g/mol. The maximum atomic E-state index is 13.0. The van der Waals surface area contributed by atoms with Crippen molar-refractivity contribution in [3.8, 4) is 0 Å². The Balaban J connectivity index is 1.59. The molecule has 1 saturated carbocycles. The Labute approximate surface area is 124 Å². The van der Waals surface area contributed by atoms with Gasteiger partial charge in [-0.2, -0.15) is 0 Å². The molecule has 5 heteroatoms. The largest absolute Gasteiger partial charge is 0.370 e. The van der Waals surface area contributed by atoms with Gasteiger partial charge in [0, 0.05) is 19.0 Å². The first-order valence-electron chi connectivity index (χ1n) is 7.54. The van der Waals surface area contributed by atoms with Crippen LogP contribution in [-0.4, -0.2) is 36.5 Å². The van der Waals surface area contributed by atoms with Crippen LogP contribution < -0.4 is 5.73 Å². The molecule has 1 aromatic carbocycles. The number of morpholine rings is 1. The minimum absolute atomic E-state index is 0.00961. The molecule has 2 unspecified atom stereocenters. The lowest BCUT2D eigenvalue weighted by atomic mass is 10.1. The fourth-order valence-electron chi connectivity index (χ4n) is 2.78. The second kappa shape index (κ2) is 6.12. The molecule has 2 atom stereocenters. The number of hydrogen-bond acceptors (Lipinski definition) is 3. The molecule has 21 heavy (non-hydrogen) atoms. The van der Waals surface area contributed by atoms with Crippen LogP contribution >= 0.6 is 0 Å². The zero-order valence-electron chi connectivity index (χ0n) is 12.0. The Kier molecular flexibility index (Phi) is 4.22. The van der Waals surface area contributed by atoms with Crippen molar-refractivity contribution in [2.45, 2.75) is 31.4 Å². The second-order valence-electron chi connectivity index (χ2n) is 5.96. The fraction of sp³-hybridized carbons (Fsp3) is 0.562. The van der Waals surface area contributed by atoms with E-state index < -0.39 is 0 Å². The van der Waals surface area contributed by atoms with E-state index in [1.807, 2.05) is 4.90 Å². The van der Waals surface area contributed by atoms with Crippen LogP contribution in [0.1, 0.15) is 30.9 Å². The topological polar surface area (TPSA) is 55.6 Å². The number of nitrogens with two attached hydrogens (primary N) is 1. The third kappa shape index (κ3) is 3.60. The molecule has 0 bridgehead atoms. The number of carbonyl (C=O) groups is 1. The van der Waals surface area contributed by atoms with Crippen molar-refractivity contribution in [3.05, 3.63) is 35.6 Å². The van der Waals surface area contributed by atoms with Crippen LogP contribution in [0.3, 0.4) is 0 Å². The molecule has 0 aromatic heterocycles. The van der Waals surface area contributed by atoms with Gasteiger partial charge in [-0.25, -0.2) is 4.39 Å². The van der Waals surface area contributed by atoms with Crippen LogP contribution in [0, 0.1) is 11.7 Å². The van der Waals surface area contributed by atoms with E-state index in [9.17, 15) is 9.18 Å². The van der Waals surface area contributed by atoms with Crippen LogP contribution in [0.2, 0.25) is 0 Å². The van der Waals surface area contributed by atoms with Crippen LogP contribution in [0.5, 0.6) is 0 Å². The molecule has 2 fully saturated rings. The Morgan fingerprint density at radius 1 is 1.38 bits per heavy atom. The van der Waals surface area contributed by atoms with Crippen LogP contribution in [0.25, 0.3) is 0 Å². The predicted octanol–water partition coefficient (Wildman–Crippen LogP) is 1.85. The van der Waals surface area contributed by atoms with Gasteiger partial charge in [0.1, 0.15) is 11.9 Å². The molecule has 114 valence electrons. The number of benzene rings is 1. The normalized spacial score (nSPS) is 23.9. The maximum absolute atomic E-state index is 13.0. The monoisotopic (exact) mass is 292 g/mol. The summed E-state index contributed by atoms with van der Waals surface area (Å²) in [6.07, 6.45) is 2.53. The molecular weight excluding hydrogens is 271 g/mol. The Morgan fingerprint density at radius 2 is 2.10 bits per heavy atom. The molecule has 1 aliphatic carbocycles. The van der Waals surface area contributed by atoms with Crippen molar-refractivity contribution in [2.75, 3.05) is 19.7 Å². The van der Waals surface area contributed by atoms with Crippen molar-refractivity contribution < 1.29 is 13.9 Å². The van der Waals surface area contributed by atoms with Crippen LogP contribution in [0.4, 0.5) is 4.39 Å². The first kappa shape index (κ1) is 14.5. The SMILES string of the molecule is NC(CC(=O)N1CCOC(c2ccc(F)cc2)C1)C1CC1. The lowest BCUT2D eigenvalue weighted by Crippen LogP contribution is -2.44. The number of halogens is 1. The van der Waals surface area contributed by atoms with Crippen molar-refractivity contribution in [2.24, 2.45) is 11.7 Å². The van der Waals surface area contributed by atoms with Crippen LogP contribution in [0.15, 0.2) is 24.3 Å². The third-order valence-corrected chi connectivity index (χ3v) is 4.30. The first-order valence-corrected chi connectivity index (χ1v) is 7.54. The summed E-state index contributed by atoms with van der Waals surface area (Å²) in [7, 11) is 0. The Bertz CT molecular complexity index is 502. The van der Waals surface area contributed by atoms with Crippen molar-refractivity contribution >= 4 is 5.91 Å². The summed E-state index contributed by atoms with van der Waals surface area (Å²) in [6.45, 7) is 1.63. The fourth-order valence-corrected chi connectivity index (χ4v) is 2.78. The summed E-state index contributed by atoms with van der Waals surface area (Å²) in [5.41, 5.74) is 6.93. The van der Waals surface area contributed by atoms with Gasteiger partial charge < -0.3 is 15.4 Å². The van der Waals surface area contributed by atoms with Crippen molar-refractivity contribution in [1.82, 2.24) is 4.90 Å². The van der Waals surface area contributed by atoms with E-state index in [1.54, 1.807) is 12.1 Å². The number of ether oxygens (including phenoxy) is 1. The smallest absolute Gasteiger partial charge is 0.224 e. The highest BCUT2D eigenvalue weighted by Gasteiger charge is 2.32. The maximum Gasteiger partial charge on any atom is 0.224 e. The zero-order chi connectivity index (χ0) is 14.8. The van der Waals surface area contributed by atoms with E-state index in [0.717, 1.165) is 18.4 Å². The number of hydrogen-bond donors (Lipinski definition) is 1. The predicted molar refractivity (Wildman–Crippen MR) is 77.0 cm³/mol. The summed E-state index contributed by atoms with van der Waals surface area (Å²) >= 11 is 0. The van der Waals surface area contributed by atoms with E-state index in [1.165, 1.54) is 12.1 Å². The molecule has 3 rings (SSSR count). The zero-order valence-corrected chi connectivity index (χ0v) is 12.0. The molecule has 1 aliphatic heterocycles. The minimum Gasteiger partial charge on any atom is -0.370 e.